The van der Waals surface area contributed by atoms with Gasteiger partial charge in [-0.1, -0.05) is 12.2 Å². The van der Waals surface area contributed by atoms with Crippen molar-refractivity contribution in [3.8, 4) is 0 Å². The summed E-state index contributed by atoms with van der Waals surface area (Å²) in [6.07, 6.45) is 3.06. The van der Waals surface area contributed by atoms with E-state index in [4.69, 9.17) is 5.73 Å². The molecule has 2 unspecified atom stereocenters. The first-order valence-corrected chi connectivity index (χ1v) is 2.95. The smallest absolute Gasteiger partial charge is 0.00423 e. The maximum absolute atomic E-state index is 5.31. The summed E-state index contributed by atoms with van der Waals surface area (Å²) in [6.45, 7) is 3.89. The second-order valence-electron chi connectivity index (χ2n) is 2.58. The number of nitrogens with two attached hydrogens (primary N) is 1. The third-order valence-electron chi connectivity index (χ3n) is 2.36. The predicted molar refractivity (Wildman–Crippen MR) is 33.0 cm³/mol. The van der Waals surface area contributed by atoms with E-state index in [1.54, 1.807) is 6.20 Å². The van der Waals surface area contributed by atoms with Crippen LogP contribution in [0.1, 0.15) is 6.42 Å². The summed E-state index contributed by atoms with van der Waals surface area (Å²) < 4.78 is 0. The van der Waals surface area contributed by atoms with Gasteiger partial charge in [0.25, 0.3) is 0 Å². The Balaban J connectivity index is 2.26. The first kappa shape index (κ1) is 4.19. The van der Waals surface area contributed by atoms with Gasteiger partial charge in [-0.05, 0) is 18.2 Å². The second-order valence-corrected chi connectivity index (χ2v) is 2.58. The third kappa shape index (κ3) is 0.214. The van der Waals surface area contributed by atoms with Crippen LogP contribution in [0.2, 0.25) is 0 Å². The zero-order valence-corrected chi connectivity index (χ0v) is 4.72. The molecule has 3 fully saturated rings. The summed E-state index contributed by atoms with van der Waals surface area (Å²) in [4.78, 5) is 0. The van der Waals surface area contributed by atoms with E-state index in [9.17, 15) is 0 Å². The number of rotatable bonds is 0. The standard InChI is InChI=1S/C7H9N/c1-4-5-2-6(4)7(5)3-8/h3,5-6H,1-2,8H2. The van der Waals surface area contributed by atoms with Gasteiger partial charge in [0.05, 0.1) is 0 Å². The summed E-state index contributed by atoms with van der Waals surface area (Å²) in [5.74, 6) is 1.40. The van der Waals surface area contributed by atoms with Gasteiger partial charge in [-0.15, -0.1) is 0 Å². The maximum atomic E-state index is 5.31. The summed E-state index contributed by atoms with van der Waals surface area (Å²) in [5.41, 5.74) is 8.14. The average Bonchev–Trinajstić information content (AvgIpc) is 1.62. The van der Waals surface area contributed by atoms with E-state index in [1.807, 2.05) is 0 Å². The van der Waals surface area contributed by atoms with Crippen LogP contribution in [0.4, 0.5) is 0 Å². The van der Waals surface area contributed by atoms with E-state index in [0.717, 1.165) is 0 Å². The summed E-state index contributed by atoms with van der Waals surface area (Å²) in [7, 11) is 0. The molecule has 0 aromatic rings. The quantitative estimate of drug-likeness (QED) is 0.460. The Bertz CT molecular complexity index is 165. The molecule has 2 atom stereocenters. The Labute approximate surface area is 48.9 Å². The van der Waals surface area contributed by atoms with Crippen LogP contribution in [-0.2, 0) is 0 Å². The van der Waals surface area contributed by atoms with Crippen LogP contribution < -0.4 is 5.73 Å². The van der Waals surface area contributed by atoms with Crippen LogP contribution in [0.3, 0.4) is 0 Å². The van der Waals surface area contributed by atoms with Crippen LogP contribution >= 0.6 is 0 Å². The Morgan fingerprint density at radius 3 is 2.38 bits per heavy atom. The molecule has 42 valence electrons. The Morgan fingerprint density at radius 2 is 2.25 bits per heavy atom. The molecule has 3 aliphatic rings. The van der Waals surface area contributed by atoms with Gasteiger partial charge in [-0.2, -0.15) is 0 Å². The lowest BCUT2D eigenvalue weighted by Crippen LogP contribution is -2.45. The topological polar surface area (TPSA) is 26.0 Å². The molecular weight excluding hydrogens is 98.1 g/mol. The van der Waals surface area contributed by atoms with Gasteiger partial charge in [0, 0.05) is 11.8 Å². The first-order valence-electron chi connectivity index (χ1n) is 2.95. The Hall–Kier alpha value is -0.720. The molecule has 1 nitrogen and oxygen atoms in total. The molecule has 0 spiro atoms. The van der Waals surface area contributed by atoms with Crippen LogP contribution in [0, 0.1) is 11.8 Å². The largest absolute Gasteiger partial charge is 0.405 e. The predicted octanol–water partition coefficient (Wildman–Crippen LogP) is 1.03. The highest BCUT2D eigenvalue weighted by Crippen LogP contribution is 2.61. The van der Waals surface area contributed by atoms with Crippen molar-refractivity contribution in [2.24, 2.45) is 17.6 Å². The van der Waals surface area contributed by atoms with E-state index < -0.39 is 0 Å². The van der Waals surface area contributed by atoms with Crippen molar-refractivity contribution in [1.29, 1.82) is 0 Å². The highest BCUT2D eigenvalue weighted by Gasteiger charge is 2.50. The SMILES string of the molecule is C=C1C2CC1C2=CN. The average molecular weight is 107 g/mol. The van der Waals surface area contributed by atoms with Crippen molar-refractivity contribution in [2.75, 3.05) is 0 Å². The third-order valence-corrected chi connectivity index (χ3v) is 2.36. The van der Waals surface area contributed by atoms with Gasteiger partial charge in [0.1, 0.15) is 0 Å². The molecule has 0 saturated heterocycles. The molecule has 3 saturated carbocycles. The van der Waals surface area contributed by atoms with Gasteiger partial charge in [-0.25, -0.2) is 0 Å². The second kappa shape index (κ2) is 0.993. The minimum Gasteiger partial charge on any atom is -0.405 e. The summed E-state index contributed by atoms with van der Waals surface area (Å²) >= 11 is 0. The fourth-order valence-corrected chi connectivity index (χ4v) is 1.54. The van der Waals surface area contributed by atoms with E-state index in [2.05, 4.69) is 6.58 Å². The molecule has 1 heteroatoms. The Kier molecular flexibility index (Phi) is 0.520. The normalized spacial score (nSPS) is 40.5. The fourth-order valence-electron chi connectivity index (χ4n) is 1.54. The van der Waals surface area contributed by atoms with Gasteiger partial charge in [-0.3, -0.25) is 0 Å². The lowest BCUT2D eigenvalue weighted by Gasteiger charge is -2.55. The van der Waals surface area contributed by atoms with E-state index >= 15 is 0 Å². The van der Waals surface area contributed by atoms with Crippen LogP contribution in [0.25, 0.3) is 0 Å². The minimum absolute atomic E-state index is 0.699. The van der Waals surface area contributed by atoms with Crippen molar-refractivity contribution in [1.82, 2.24) is 0 Å². The molecule has 3 aliphatic carbocycles. The van der Waals surface area contributed by atoms with E-state index in [0.29, 0.717) is 11.8 Å². The first-order chi connectivity index (χ1) is 3.84. The molecule has 0 radical (unpaired) electrons. The summed E-state index contributed by atoms with van der Waals surface area (Å²) in [5, 5.41) is 0. The number of allylic oxidation sites excluding steroid dienone is 2. The number of hydrogen-bond donors (Lipinski definition) is 1. The molecule has 2 bridgehead atoms. The molecule has 0 amide bonds. The van der Waals surface area contributed by atoms with Crippen molar-refractivity contribution in [3.63, 3.8) is 0 Å². The zero-order valence-electron chi connectivity index (χ0n) is 4.72. The van der Waals surface area contributed by atoms with Crippen LogP contribution in [-0.4, -0.2) is 0 Å². The lowest BCUT2D eigenvalue weighted by atomic mass is 9.49. The van der Waals surface area contributed by atoms with E-state index in [-0.39, 0.29) is 0 Å². The molecule has 3 rings (SSSR count). The summed E-state index contributed by atoms with van der Waals surface area (Å²) in [6, 6.07) is 0. The lowest BCUT2D eigenvalue weighted by molar-refractivity contribution is 0.253. The fraction of sp³-hybridized carbons (Fsp3) is 0.429. The molecule has 0 heterocycles. The molecule has 8 heavy (non-hydrogen) atoms. The van der Waals surface area contributed by atoms with Gasteiger partial charge < -0.3 is 5.73 Å². The van der Waals surface area contributed by atoms with Crippen molar-refractivity contribution in [2.45, 2.75) is 6.42 Å². The molecular formula is C7H9N. The highest BCUT2D eigenvalue weighted by atomic mass is 14.6. The Morgan fingerprint density at radius 1 is 1.62 bits per heavy atom. The minimum atomic E-state index is 0.699. The monoisotopic (exact) mass is 107 g/mol. The molecule has 2 N–H and O–H groups in total. The molecule has 0 aliphatic heterocycles. The number of hydrogen-bond acceptors (Lipinski definition) is 1. The van der Waals surface area contributed by atoms with Crippen molar-refractivity contribution < 1.29 is 0 Å². The van der Waals surface area contributed by atoms with Crippen molar-refractivity contribution >= 4 is 0 Å². The molecule has 0 aromatic carbocycles. The van der Waals surface area contributed by atoms with Gasteiger partial charge >= 0.3 is 0 Å². The van der Waals surface area contributed by atoms with Crippen LogP contribution in [0.5, 0.6) is 0 Å². The van der Waals surface area contributed by atoms with Crippen molar-refractivity contribution in [3.05, 3.63) is 23.9 Å². The van der Waals surface area contributed by atoms with Crippen LogP contribution in [0.15, 0.2) is 23.9 Å². The molecule has 0 aromatic heterocycles. The zero-order chi connectivity index (χ0) is 5.72. The van der Waals surface area contributed by atoms with E-state index in [1.165, 1.54) is 17.6 Å². The van der Waals surface area contributed by atoms with Gasteiger partial charge in [0.15, 0.2) is 0 Å². The highest BCUT2D eigenvalue weighted by molar-refractivity contribution is 5.48. The maximum Gasteiger partial charge on any atom is 0.00423 e. The van der Waals surface area contributed by atoms with Gasteiger partial charge in [0.2, 0.25) is 0 Å².